The van der Waals surface area contributed by atoms with Crippen LogP contribution in [0.4, 0.5) is 0 Å². The molecule has 1 heterocycles. The maximum atomic E-state index is 11.6. The molecule has 0 radical (unpaired) electrons. The minimum Gasteiger partial charge on any atom is -0.349 e. The fourth-order valence-corrected chi connectivity index (χ4v) is 1.21. The summed E-state index contributed by atoms with van der Waals surface area (Å²) in [7, 11) is 0. The van der Waals surface area contributed by atoms with Crippen LogP contribution < -0.4 is 10.9 Å². The van der Waals surface area contributed by atoms with Crippen molar-refractivity contribution in [2.24, 2.45) is 0 Å². The number of amides is 1. The zero-order chi connectivity index (χ0) is 12.8. The Labute approximate surface area is 98.8 Å². The van der Waals surface area contributed by atoms with Crippen LogP contribution in [0, 0.1) is 11.3 Å². The van der Waals surface area contributed by atoms with Crippen LogP contribution in [-0.4, -0.2) is 16.9 Å². The predicted molar refractivity (Wildman–Crippen MR) is 63.9 cm³/mol. The standard InChI is InChI=1S/C12H13N3O2/c1-8(2)15-12(17)10(7-13)5-9-3-4-14-11(16)6-9/h3-6,8H,1-2H3,(H,14,16)(H,15,17). The fourth-order valence-electron chi connectivity index (χ4n) is 1.21. The molecule has 1 aromatic rings. The number of carbonyl (C=O) groups is 1. The molecule has 5 heteroatoms. The second kappa shape index (κ2) is 5.66. The zero-order valence-electron chi connectivity index (χ0n) is 9.65. The average molecular weight is 231 g/mol. The van der Waals surface area contributed by atoms with Gasteiger partial charge in [0.2, 0.25) is 5.56 Å². The molecule has 1 aromatic heterocycles. The molecule has 0 atom stereocenters. The van der Waals surface area contributed by atoms with Gasteiger partial charge < -0.3 is 10.3 Å². The molecular formula is C12H13N3O2. The number of carbonyl (C=O) groups excluding carboxylic acids is 1. The van der Waals surface area contributed by atoms with Gasteiger partial charge in [0.15, 0.2) is 0 Å². The molecular weight excluding hydrogens is 218 g/mol. The lowest BCUT2D eigenvalue weighted by Gasteiger charge is -2.06. The van der Waals surface area contributed by atoms with Gasteiger partial charge in [-0.2, -0.15) is 5.26 Å². The molecule has 0 saturated carbocycles. The molecule has 2 N–H and O–H groups in total. The molecule has 88 valence electrons. The number of hydrogen-bond acceptors (Lipinski definition) is 3. The van der Waals surface area contributed by atoms with Gasteiger partial charge in [-0.3, -0.25) is 9.59 Å². The molecule has 1 amide bonds. The number of aromatic amines is 1. The van der Waals surface area contributed by atoms with Crippen LogP contribution in [0.2, 0.25) is 0 Å². The van der Waals surface area contributed by atoms with E-state index in [0.717, 1.165) is 0 Å². The van der Waals surface area contributed by atoms with Crippen LogP contribution in [0.25, 0.3) is 6.08 Å². The first-order valence-electron chi connectivity index (χ1n) is 5.14. The molecule has 0 bridgehead atoms. The van der Waals surface area contributed by atoms with Gasteiger partial charge in [-0.05, 0) is 31.6 Å². The highest BCUT2D eigenvalue weighted by Crippen LogP contribution is 2.03. The van der Waals surface area contributed by atoms with Gasteiger partial charge in [-0.15, -0.1) is 0 Å². The van der Waals surface area contributed by atoms with Crippen LogP contribution in [0.15, 0.2) is 28.7 Å². The summed E-state index contributed by atoms with van der Waals surface area (Å²) < 4.78 is 0. The van der Waals surface area contributed by atoms with Gasteiger partial charge in [0.25, 0.3) is 5.91 Å². The highest BCUT2D eigenvalue weighted by molar-refractivity contribution is 6.01. The summed E-state index contributed by atoms with van der Waals surface area (Å²) in [6, 6.07) is 4.70. The smallest absolute Gasteiger partial charge is 0.262 e. The summed E-state index contributed by atoms with van der Waals surface area (Å²) in [4.78, 5) is 25.1. The van der Waals surface area contributed by atoms with Gasteiger partial charge in [-0.25, -0.2) is 0 Å². The largest absolute Gasteiger partial charge is 0.349 e. The summed E-state index contributed by atoms with van der Waals surface area (Å²) >= 11 is 0. The predicted octanol–water partition coefficient (Wildman–Crippen LogP) is 0.806. The van der Waals surface area contributed by atoms with Crippen LogP contribution >= 0.6 is 0 Å². The number of nitriles is 1. The molecule has 17 heavy (non-hydrogen) atoms. The molecule has 0 aromatic carbocycles. The third-order valence-corrected chi connectivity index (χ3v) is 1.89. The van der Waals surface area contributed by atoms with Crippen molar-refractivity contribution in [2.45, 2.75) is 19.9 Å². The third kappa shape index (κ3) is 3.95. The molecule has 1 rings (SSSR count). The van der Waals surface area contributed by atoms with E-state index in [4.69, 9.17) is 5.26 Å². The highest BCUT2D eigenvalue weighted by atomic mass is 16.1. The number of pyridine rings is 1. The Hall–Kier alpha value is -2.35. The van der Waals surface area contributed by atoms with Gasteiger partial charge in [0.1, 0.15) is 11.6 Å². The van der Waals surface area contributed by atoms with Crippen molar-refractivity contribution in [2.75, 3.05) is 0 Å². The van der Waals surface area contributed by atoms with Crippen molar-refractivity contribution in [1.29, 1.82) is 5.26 Å². The van der Waals surface area contributed by atoms with Crippen molar-refractivity contribution >= 4 is 12.0 Å². The van der Waals surface area contributed by atoms with Crippen LogP contribution in [0.1, 0.15) is 19.4 Å². The van der Waals surface area contributed by atoms with Crippen molar-refractivity contribution < 1.29 is 4.79 Å². The van der Waals surface area contributed by atoms with Crippen LogP contribution in [-0.2, 0) is 4.79 Å². The van der Waals surface area contributed by atoms with Crippen molar-refractivity contribution in [3.05, 3.63) is 39.8 Å². The van der Waals surface area contributed by atoms with E-state index in [2.05, 4.69) is 10.3 Å². The molecule has 0 fully saturated rings. The number of nitrogens with zero attached hydrogens (tertiary/aromatic N) is 1. The molecule has 0 unspecified atom stereocenters. The Balaban J connectivity index is 2.99. The first-order valence-corrected chi connectivity index (χ1v) is 5.14. The van der Waals surface area contributed by atoms with E-state index in [-0.39, 0.29) is 17.2 Å². The summed E-state index contributed by atoms with van der Waals surface area (Å²) in [6.45, 7) is 3.61. The summed E-state index contributed by atoms with van der Waals surface area (Å²) in [5, 5.41) is 11.5. The minimum atomic E-state index is -0.442. The first-order chi connectivity index (χ1) is 8.02. The van der Waals surface area contributed by atoms with E-state index < -0.39 is 5.91 Å². The monoisotopic (exact) mass is 231 g/mol. The van der Waals surface area contributed by atoms with Gasteiger partial charge in [0, 0.05) is 18.3 Å². The number of nitrogens with one attached hydrogen (secondary N) is 2. The molecule has 0 aliphatic heterocycles. The first kappa shape index (κ1) is 12.7. The Kier molecular flexibility index (Phi) is 4.23. The third-order valence-electron chi connectivity index (χ3n) is 1.89. The van der Waals surface area contributed by atoms with E-state index in [0.29, 0.717) is 5.56 Å². The lowest BCUT2D eigenvalue weighted by atomic mass is 10.1. The maximum Gasteiger partial charge on any atom is 0.262 e. The molecule has 0 aliphatic rings. The average Bonchev–Trinajstić information content (AvgIpc) is 2.24. The quantitative estimate of drug-likeness (QED) is 0.596. The normalized spacial score (nSPS) is 11.1. The molecule has 0 aliphatic carbocycles. The van der Waals surface area contributed by atoms with Gasteiger partial charge >= 0.3 is 0 Å². The SMILES string of the molecule is CC(C)NC(=O)C(C#N)=Cc1cc[nH]c(=O)c1. The van der Waals surface area contributed by atoms with Crippen molar-refractivity contribution in [3.8, 4) is 6.07 Å². The zero-order valence-corrected chi connectivity index (χ0v) is 9.65. The Morgan fingerprint density at radius 1 is 1.59 bits per heavy atom. The van der Waals surface area contributed by atoms with E-state index in [1.54, 1.807) is 19.9 Å². The van der Waals surface area contributed by atoms with Crippen molar-refractivity contribution in [1.82, 2.24) is 10.3 Å². The Morgan fingerprint density at radius 2 is 2.29 bits per heavy atom. The number of hydrogen-bond donors (Lipinski definition) is 2. The summed E-state index contributed by atoms with van der Waals surface area (Å²) in [6.07, 6.45) is 2.84. The van der Waals surface area contributed by atoms with E-state index in [1.165, 1.54) is 18.3 Å². The number of rotatable bonds is 3. The number of aromatic nitrogens is 1. The maximum absolute atomic E-state index is 11.6. The summed E-state index contributed by atoms with van der Waals surface area (Å²) in [5.41, 5.74) is 0.216. The molecule has 0 spiro atoms. The second-order valence-electron chi connectivity index (χ2n) is 3.78. The van der Waals surface area contributed by atoms with Crippen LogP contribution in [0.5, 0.6) is 0 Å². The lowest BCUT2D eigenvalue weighted by molar-refractivity contribution is -0.117. The molecule has 0 saturated heterocycles. The number of H-pyrrole nitrogens is 1. The van der Waals surface area contributed by atoms with Crippen molar-refractivity contribution in [3.63, 3.8) is 0 Å². The Bertz CT molecular complexity index is 535. The fraction of sp³-hybridized carbons (Fsp3) is 0.250. The van der Waals surface area contributed by atoms with Gasteiger partial charge in [-0.1, -0.05) is 0 Å². The lowest BCUT2D eigenvalue weighted by Crippen LogP contribution is -2.30. The molecule has 5 nitrogen and oxygen atoms in total. The van der Waals surface area contributed by atoms with E-state index in [9.17, 15) is 9.59 Å². The topological polar surface area (TPSA) is 85.8 Å². The summed E-state index contributed by atoms with van der Waals surface area (Å²) in [5.74, 6) is -0.442. The highest BCUT2D eigenvalue weighted by Gasteiger charge is 2.09. The van der Waals surface area contributed by atoms with E-state index in [1.807, 2.05) is 6.07 Å². The minimum absolute atomic E-state index is 0.0238. The second-order valence-corrected chi connectivity index (χ2v) is 3.78. The Morgan fingerprint density at radius 3 is 2.82 bits per heavy atom. The van der Waals surface area contributed by atoms with Crippen LogP contribution in [0.3, 0.4) is 0 Å². The van der Waals surface area contributed by atoms with E-state index >= 15 is 0 Å². The van der Waals surface area contributed by atoms with Gasteiger partial charge in [0.05, 0.1) is 0 Å².